The number of aromatic nitrogens is 1. The summed E-state index contributed by atoms with van der Waals surface area (Å²) < 4.78 is 32.2. The van der Waals surface area contributed by atoms with E-state index in [1.807, 2.05) is 4.90 Å². The van der Waals surface area contributed by atoms with Crippen molar-refractivity contribution in [2.45, 2.75) is 50.8 Å². The molecule has 2 bridgehead atoms. The molecule has 3 atom stereocenters. The zero-order valence-corrected chi connectivity index (χ0v) is 16.3. The summed E-state index contributed by atoms with van der Waals surface area (Å²) in [6, 6.07) is 0. The van der Waals surface area contributed by atoms with Crippen LogP contribution < -0.4 is 0 Å². The summed E-state index contributed by atoms with van der Waals surface area (Å²) in [6.45, 7) is 4.83. The molecule has 0 N–H and O–H groups in total. The quantitative estimate of drug-likeness (QED) is 0.796. The van der Waals surface area contributed by atoms with Crippen LogP contribution in [-0.2, 0) is 14.8 Å². The molecule has 1 aromatic heterocycles. The number of hydrogen-bond donors (Lipinski definition) is 0. The molecule has 1 aromatic rings. The molecular formula is C18H27N3O4S. The summed E-state index contributed by atoms with van der Waals surface area (Å²) >= 11 is 0. The lowest BCUT2D eigenvalue weighted by Crippen LogP contribution is -2.51. The van der Waals surface area contributed by atoms with Crippen LogP contribution in [0.25, 0.3) is 0 Å². The fraction of sp³-hybridized carbons (Fsp3) is 0.778. The second-order valence-corrected chi connectivity index (χ2v) is 9.95. The van der Waals surface area contributed by atoms with E-state index in [0.29, 0.717) is 50.0 Å². The predicted octanol–water partition coefficient (Wildman–Crippen LogP) is 1.95. The van der Waals surface area contributed by atoms with Crippen LogP contribution in [-0.4, -0.2) is 54.9 Å². The Balaban J connectivity index is 1.36. The van der Waals surface area contributed by atoms with Gasteiger partial charge >= 0.3 is 0 Å². The molecule has 1 saturated heterocycles. The third-order valence-corrected chi connectivity index (χ3v) is 8.62. The van der Waals surface area contributed by atoms with Crippen LogP contribution in [0.2, 0.25) is 0 Å². The number of nitrogens with zero attached hydrogens (tertiary/aromatic N) is 3. The first kappa shape index (κ1) is 18.0. The van der Waals surface area contributed by atoms with E-state index in [0.717, 1.165) is 11.8 Å². The van der Waals surface area contributed by atoms with E-state index in [4.69, 9.17) is 4.52 Å². The van der Waals surface area contributed by atoms with Gasteiger partial charge in [0.15, 0.2) is 5.76 Å². The second-order valence-electron chi connectivity index (χ2n) is 8.08. The van der Waals surface area contributed by atoms with Gasteiger partial charge in [-0.25, -0.2) is 8.42 Å². The number of amides is 1. The van der Waals surface area contributed by atoms with Crippen LogP contribution in [0.15, 0.2) is 9.42 Å². The summed E-state index contributed by atoms with van der Waals surface area (Å²) in [5, 5.41) is 3.75. The normalized spacial score (nSPS) is 29.5. The van der Waals surface area contributed by atoms with Gasteiger partial charge in [0.2, 0.25) is 15.9 Å². The lowest BCUT2D eigenvalue weighted by molar-refractivity contribution is -0.133. The highest BCUT2D eigenvalue weighted by molar-refractivity contribution is 7.89. The number of piperazine rings is 1. The average molecular weight is 381 g/mol. The molecule has 26 heavy (non-hydrogen) atoms. The summed E-state index contributed by atoms with van der Waals surface area (Å²) in [6.07, 6.45) is 5.77. The number of carbonyl (C=O) groups excluding carboxylic acids is 1. The Kier molecular flexibility index (Phi) is 4.59. The molecule has 7 nitrogen and oxygen atoms in total. The molecule has 2 heterocycles. The summed E-state index contributed by atoms with van der Waals surface area (Å²) in [7, 11) is -3.62. The van der Waals surface area contributed by atoms with Crippen molar-refractivity contribution in [3.8, 4) is 0 Å². The van der Waals surface area contributed by atoms with E-state index in [1.165, 1.54) is 30.0 Å². The minimum absolute atomic E-state index is 0.166. The van der Waals surface area contributed by atoms with Crippen molar-refractivity contribution in [3.05, 3.63) is 11.5 Å². The van der Waals surface area contributed by atoms with Gasteiger partial charge in [-0.05, 0) is 50.9 Å². The van der Waals surface area contributed by atoms with Crippen molar-refractivity contribution in [1.29, 1.82) is 0 Å². The molecule has 1 amide bonds. The van der Waals surface area contributed by atoms with Crippen LogP contribution in [0.5, 0.6) is 0 Å². The van der Waals surface area contributed by atoms with Gasteiger partial charge in [-0.3, -0.25) is 4.79 Å². The fourth-order valence-corrected chi connectivity index (χ4v) is 6.84. The summed E-state index contributed by atoms with van der Waals surface area (Å²) in [4.78, 5) is 14.7. The van der Waals surface area contributed by atoms with Crippen molar-refractivity contribution in [2.24, 2.45) is 17.8 Å². The van der Waals surface area contributed by atoms with E-state index < -0.39 is 10.0 Å². The van der Waals surface area contributed by atoms with Crippen molar-refractivity contribution in [1.82, 2.24) is 14.4 Å². The maximum absolute atomic E-state index is 12.9. The molecule has 0 unspecified atom stereocenters. The third kappa shape index (κ3) is 3.07. The predicted molar refractivity (Wildman–Crippen MR) is 94.9 cm³/mol. The van der Waals surface area contributed by atoms with Crippen LogP contribution in [0.3, 0.4) is 0 Å². The van der Waals surface area contributed by atoms with Gasteiger partial charge in [0.1, 0.15) is 10.6 Å². The number of rotatable bonds is 4. The fourth-order valence-electron chi connectivity index (χ4n) is 5.13. The molecule has 3 aliphatic rings. The Morgan fingerprint density at radius 2 is 1.88 bits per heavy atom. The Labute approximate surface area is 154 Å². The molecule has 0 aromatic carbocycles. The molecular weight excluding hydrogens is 354 g/mol. The highest BCUT2D eigenvalue weighted by Crippen LogP contribution is 2.49. The molecule has 144 valence electrons. The van der Waals surface area contributed by atoms with Gasteiger partial charge < -0.3 is 9.42 Å². The highest BCUT2D eigenvalue weighted by Gasteiger charge is 2.41. The Morgan fingerprint density at radius 3 is 2.42 bits per heavy atom. The lowest BCUT2D eigenvalue weighted by Gasteiger charge is -2.35. The number of sulfonamides is 1. The summed E-state index contributed by atoms with van der Waals surface area (Å²) in [5.74, 6) is 2.64. The SMILES string of the molecule is Cc1noc(C)c1S(=O)(=O)N1CCN(C(=O)C[C@@H]2C[C@@H]3CC[C@@H]2C3)CC1. The maximum atomic E-state index is 12.9. The van der Waals surface area contributed by atoms with E-state index in [-0.39, 0.29) is 10.8 Å². The van der Waals surface area contributed by atoms with Gasteiger partial charge in [-0.15, -0.1) is 0 Å². The number of carbonyl (C=O) groups is 1. The number of fused-ring (bicyclic) bond motifs is 2. The van der Waals surface area contributed by atoms with Crippen molar-refractivity contribution >= 4 is 15.9 Å². The largest absolute Gasteiger partial charge is 0.360 e. The van der Waals surface area contributed by atoms with Gasteiger partial charge in [0, 0.05) is 32.6 Å². The first-order chi connectivity index (χ1) is 12.4. The molecule has 2 saturated carbocycles. The van der Waals surface area contributed by atoms with Gasteiger partial charge in [-0.2, -0.15) is 4.31 Å². The van der Waals surface area contributed by atoms with Crippen molar-refractivity contribution in [2.75, 3.05) is 26.2 Å². The minimum Gasteiger partial charge on any atom is -0.360 e. The first-order valence-corrected chi connectivity index (χ1v) is 11.0. The third-order valence-electron chi connectivity index (χ3n) is 6.48. The van der Waals surface area contributed by atoms with E-state index in [9.17, 15) is 13.2 Å². The lowest BCUT2D eigenvalue weighted by atomic mass is 9.86. The molecule has 3 fully saturated rings. The van der Waals surface area contributed by atoms with Crippen molar-refractivity contribution < 1.29 is 17.7 Å². The van der Waals surface area contributed by atoms with E-state index in [2.05, 4.69) is 5.16 Å². The Bertz CT molecular complexity index is 776. The van der Waals surface area contributed by atoms with Crippen molar-refractivity contribution in [3.63, 3.8) is 0 Å². The topological polar surface area (TPSA) is 83.7 Å². The van der Waals surface area contributed by atoms with Gasteiger partial charge in [-0.1, -0.05) is 11.6 Å². The average Bonchev–Trinajstić information content (AvgIpc) is 3.31. The van der Waals surface area contributed by atoms with Crippen LogP contribution in [0.4, 0.5) is 0 Å². The minimum atomic E-state index is -3.62. The Hall–Kier alpha value is -1.41. The van der Waals surface area contributed by atoms with Gasteiger partial charge in [0.25, 0.3) is 0 Å². The second kappa shape index (κ2) is 6.64. The van der Waals surface area contributed by atoms with Gasteiger partial charge in [0.05, 0.1) is 0 Å². The van der Waals surface area contributed by atoms with Crippen LogP contribution in [0, 0.1) is 31.6 Å². The molecule has 0 spiro atoms. The zero-order valence-electron chi connectivity index (χ0n) is 15.5. The number of hydrogen-bond acceptors (Lipinski definition) is 5. The van der Waals surface area contributed by atoms with Crippen LogP contribution >= 0.6 is 0 Å². The van der Waals surface area contributed by atoms with E-state index >= 15 is 0 Å². The van der Waals surface area contributed by atoms with Crippen LogP contribution in [0.1, 0.15) is 43.6 Å². The number of aryl methyl sites for hydroxylation is 2. The Morgan fingerprint density at radius 1 is 1.15 bits per heavy atom. The maximum Gasteiger partial charge on any atom is 0.248 e. The monoisotopic (exact) mass is 381 g/mol. The molecule has 2 aliphatic carbocycles. The highest BCUT2D eigenvalue weighted by atomic mass is 32.2. The smallest absolute Gasteiger partial charge is 0.248 e. The summed E-state index contributed by atoms with van der Waals surface area (Å²) in [5.41, 5.74) is 0.386. The molecule has 0 radical (unpaired) electrons. The molecule has 1 aliphatic heterocycles. The first-order valence-electron chi connectivity index (χ1n) is 9.57. The zero-order chi connectivity index (χ0) is 18.5. The molecule has 4 rings (SSSR count). The standard InChI is InChI=1S/C18H27N3O4S/c1-12-18(13(2)25-19-12)26(23,24)21-7-5-20(6-8-21)17(22)11-16-10-14-3-4-15(16)9-14/h14-16H,3-11H2,1-2H3/t14-,15-,16+/m1/s1. The van der Waals surface area contributed by atoms with E-state index in [1.54, 1.807) is 13.8 Å². The molecule has 8 heteroatoms.